The van der Waals surface area contributed by atoms with Crippen LogP contribution in [0.25, 0.3) is 0 Å². The number of allylic oxidation sites excluding steroid dienone is 3. The van der Waals surface area contributed by atoms with Crippen molar-refractivity contribution in [3.05, 3.63) is 36.0 Å². The molecule has 0 radical (unpaired) electrons. The summed E-state index contributed by atoms with van der Waals surface area (Å²) in [7, 11) is 0. The number of hydrogen-bond donors (Lipinski definition) is 1. The summed E-state index contributed by atoms with van der Waals surface area (Å²) in [6.07, 6.45) is 7.43. The number of hydrogen-bond acceptors (Lipinski definition) is 1. The van der Waals surface area contributed by atoms with Crippen LogP contribution >= 0.6 is 0 Å². The predicted molar refractivity (Wildman–Crippen MR) is 49.5 cm³/mol. The summed E-state index contributed by atoms with van der Waals surface area (Å²) in [5, 5.41) is 3.27. The Bertz CT molecular complexity index is 199. The zero-order valence-electron chi connectivity index (χ0n) is 7.06. The van der Waals surface area contributed by atoms with Crippen LogP contribution in [0.3, 0.4) is 0 Å². The highest BCUT2D eigenvalue weighted by molar-refractivity contribution is 5.38. The molecule has 11 heavy (non-hydrogen) atoms. The molecule has 0 amide bonds. The molecule has 0 fully saturated rings. The highest BCUT2D eigenvalue weighted by Gasteiger charge is 2.02. The first-order valence-electron chi connectivity index (χ1n) is 4.06. The monoisotopic (exact) mass is 149 g/mol. The third kappa shape index (κ3) is 2.35. The second-order valence-electron chi connectivity index (χ2n) is 2.71. The van der Waals surface area contributed by atoms with Gasteiger partial charge in [0.1, 0.15) is 0 Å². The fourth-order valence-corrected chi connectivity index (χ4v) is 1.22. The van der Waals surface area contributed by atoms with Gasteiger partial charge in [-0.05, 0) is 31.0 Å². The minimum absolute atomic E-state index is 0.992. The molecular weight excluding hydrogens is 134 g/mol. The van der Waals surface area contributed by atoms with Gasteiger partial charge < -0.3 is 5.32 Å². The van der Waals surface area contributed by atoms with Crippen molar-refractivity contribution in [1.29, 1.82) is 0 Å². The summed E-state index contributed by atoms with van der Waals surface area (Å²) >= 11 is 0. The second-order valence-corrected chi connectivity index (χ2v) is 2.71. The summed E-state index contributed by atoms with van der Waals surface area (Å²) in [5.74, 6) is 0. The van der Waals surface area contributed by atoms with Crippen LogP contribution < -0.4 is 5.32 Å². The molecule has 0 atom stereocenters. The molecule has 0 spiro atoms. The standard InChI is InChI=1S/C10H15N/c1-3-4-9(2)10-5-7-11-8-6-10/h3-5,11H,2,6-8H2,1H3/b4-3-. The van der Waals surface area contributed by atoms with Crippen LogP contribution in [-0.4, -0.2) is 13.1 Å². The third-order valence-corrected chi connectivity index (χ3v) is 1.84. The van der Waals surface area contributed by atoms with E-state index in [0.29, 0.717) is 0 Å². The average Bonchev–Trinajstić information content (AvgIpc) is 2.07. The van der Waals surface area contributed by atoms with E-state index in [1.165, 1.54) is 5.57 Å². The van der Waals surface area contributed by atoms with Crippen molar-refractivity contribution < 1.29 is 0 Å². The lowest BCUT2D eigenvalue weighted by atomic mass is 10.0. The van der Waals surface area contributed by atoms with Crippen LogP contribution in [0.1, 0.15) is 13.3 Å². The molecule has 1 heterocycles. The topological polar surface area (TPSA) is 12.0 Å². The van der Waals surface area contributed by atoms with E-state index < -0.39 is 0 Å². The Kier molecular flexibility index (Phi) is 3.12. The van der Waals surface area contributed by atoms with Gasteiger partial charge in [0, 0.05) is 6.54 Å². The van der Waals surface area contributed by atoms with E-state index in [0.717, 1.165) is 25.1 Å². The molecule has 1 nitrogen and oxygen atoms in total. The van der Waals surface area contributed by atoms with E-state index in [1.807, 2.05) is 13.0 Å². The van der Waals surface area contributed by atoms with Gasteiger partial charge in [0.2, 0.25) is 0 Å². The highest BCUT2D eigenvalue weighted by Crippen LogP contribution is 2.14. The summed E-state index contributed by atoms with van der Waals surface area (Å²) in [6.45, 7) is 8.08. The molecule has 1 N–H and O–H groups in total. The molecule has 1 heteroatoms. The predicted octanol–water partition coefficient (Wildman–Crippen LogP) is 2.04. The first-order chi connectivity index (χ1) is 5.34. The van der Waals surface area contributed by atoms with Gasteiger partial charge in [-0.25, -0.2) is 0 Å². The lowest BCUT2D eigenvalue weighted by Crippen LogP contribution is -2.20. The van der Waals surface area contributed by atoms with Crippen LogP contribution in [0.4, 0.5) is 0 Å². The van der Waals surface area contributed by atoms with Gasteiger partial charge in [0.25, 0.3) is 0 Å². The lowest BCUT2D eigenvalue weighted by molar-refractivity contribution is 0.709. The molecule has 0 aromatic heterocycles. The van der Waals surface area contributed by atoms with Gasteiger partial charge in [-0.1, -0.05) is 24.8 Å². The molecule has 0 aromatic rings. The Labute approximate surface area is 68.5 Å². The Morgan fingerprint density at radius 3 is 3.09 bits per heavy atom. The molecule has 1 aliphatic rings. The molecule has 0 bridgehead atoms. The molecule has 1 rings (SSSR count). The maximum atomic E-state index is 3.99. The molecule has 0 saturated carbocycles. The van der Waals surface area contributed by atoms with E-state index in [-0.39, 0.29) is 0 Å². The summed E-state index contributed by atoms with van der Waals surface area (Å²) in [6, 6.07) is 0. The number of rotatable bonds is 2. The van der Waals surface area contributed by atoms with E-state index in [4.69, 9.17) is 0 Å². The smallest absolute Gasteiger partial charge is 0.0140 e. The maximum absolute atomic E-state index is 3.99. The summed E-state index contributed by atoms with van der Waals surface area (Å²) in [5.41, 5.74) is 2.55. The van der Waals surface area contributed by atoms with Crippen molar-refractivity contribution in [2.75, 3.05) is 13.1 Å². The largest absolute Gasteiger partial charge is 0.313 e. The van der Waals surface area contributed by atoms with Crippen LogP contribution in [0.2, 0.25) is 0 Å². The first kappa shape index (κ1) is 8.28. The zero-order chi connectivity index (χ0) is 8.10. The molecule has 60 valence electrons. The lowest BCUT2D eigenvalue weighted by Gasteiger charge is -2.13. The van der Waals surface area contributed by atoms with Crippen molar-refractivity contribution in [2.24, 2.45) is 0 Å². The Balaban J connectivity index is 2.58. The first-order valence-corrected chi connectivity index (χ1v) is 4.06. The van der Waals surface area contributed by atoms with Gasteiger partial charge in [-0.15, -0.1) is 0 Å². The molecular formula is C10H15N. The van der Waals surface area contributed by atoms with Crippen molar-refractivity contribution in [3.63, 3.8) is 0 Å². The normalized spacial score (nSPS) is 18.5. The molecule has 1 aliphatic heterocycles. The Morgan fingerprint density at radius 2 is 2.55 bits per heavy atom. The Hall–Kier alpha value is -0.820. The third-order valence-electron chi connectivity index (χ3n) is 1.84. The SMILES string of the molecule is C=C(/C=C\C)C1=CCNCC1. The van der Waals surface area contributed by atoms with Crippen molar-refractivity contribution in [3.8, 4) is 0 Å². The van der Waals surface area contributed by atoms with Crippen LogP contribution in [0, 0.1) is 0 Å². The van der Waals surface area contributed by atoms with Crippen molar-refractivity contribution in [2.45, 2.75) is 13.3 Å². The molecule has 0 saturated heterocycles. The highest BCUT2D eigenvalue weighted by atomic mass is 14.8. The summed E-state index contributed by atoms with van der Waals surface area (Å²) in [4.78, 5) is 0. The van der Waals surface area contributed by atoms with Crippen LogP contribution in [-0.2, 0) is 0 Å². The minimum atomic E-state index is 0.992. The minimum Gasteiger partial charge on any atom is -0.313 e. The van der Waals surface area contributed by atoms with E-state index in [1.54, 1.807) is 0 Å². The number of nitrogens with one attached hydrogen (secondary N) is 1. The zero-order valence-corrected chi connectivity index (χ0v) is 7.06. The van der Waals surface area contributed by atoms with Crippen molar-refractivity contribution in [1.82, 2.24) is 5.32 Å². The van der Waals surface area contributed by atoms with Crippen molar-refractivity contribution >= 4 is 0 Å². The molecule has 0 unspecified atom stereocenters. The fraction of sp³-hybridized carbons (Fsp3) is 0.400. The van der Waals surface area contributed by atoms with E-state index in [2.05, 4.69) is 24.0 Å². The maximum Gasteiger partial charge on any atom is 0.0140 e. The molecule has 0 aliphatic carbocycles. The van der Waals surface area contributed by atoms with Gasteiger partial charge in [-0.2, -0.15) is 0 Å². The summed E-state index contributed by atoms with van der Waals surface area (Å²) < 4.78 is 0. The van der Waals surface area contributed by atoms with Crippen LogP contribution in [0.15, 0.2) is 36.0 Å². The average molecular weight is 149 g/mol. The van der Waals surface area contributed by atoms with Gasteiger partial charge in [0.05, 0.1) is 0 Å². The van der Waals surface area contributed by atoms with E-state index in [9.17, 15) is 0 Å². The van der Waals surface area contributed by atoms with Gasteiger partial charge in [-0.3, -0.25) is 0 Å². The Morgan fingerprint density at radius 1 is 1.73 bits per heavy atom. The fourth-order valence-electron chi connectivity index (χ4n) is 1.22. The van der Waals surface area contributed by atoms with Crippen LogP contribution in [0.5, 0.6) is 0 Å². The molecule has 0 aromatic carbocycles. The van der Waals surface area contributed by atoms with Gasteiger partial charge >= 0.3 is 0 Å². The van der Waals surface area contributed by atoms with E-state index >= 15 is 0 Å². The quantitative estimate of drug-likeness (QED) is 0.592. The van der Waals surface area contributed by atoms with Gasteiger partial charge in [0.15, 0.2) is 0 Å². The second kappa shape index (κ2) is 4.14.